The summed E-state index contributed by atoms with van der Waals surface area (Å²) in [5, 5.41) is 6.11. The Morgan fingerprint density at radius 3 is 2.68 bits per heavy atom. The van der Waals surface area contributed by atoms with Crippen LogP contribution in [-0.2, 0) is 21.1 Å². The Kier molecular flexibility index (Phi) is 5.55. The number of nitrogens with one attached hydrogen (secondary N) is 2. The fourth-order valence-electron chi connectivity index (χ4n) is 3.40. The molecule has 1 aliphatic rings. The van der Waals surface area contributed by atoms with Crippen LogP contribution in [0.3, 0.4) is 0 Å². The van der Waals surface area contributed by atoms with Crippen LogP contribution in [-0.4, -0.2) is 41.3 Å². The van der Waals surface area contributed by atoms with Crippen LogP contribution in [0.15, 0.2) is 53.6 Å². The van der Waals surface area contributed by atoms with Crippen LogP contribution in [0.4, 0.5) is 0 Å². The molecule has 160 valence electrons. The van der Waals surface area contributed by atoms with Gasteiger partial charge in [0.15, 0.2) is 16.5 Å². The van der Waals surface area contributed by atoms with Crippen molar-refractivity contribution in [3.63, 3.8) is 0 Å². The van der Waals surface area contributed by atoms with Gasteiger partial charge >= 0.3 is 0 Å². The monoisotopic (exact) mass is 440 g/mol. The van der Waals surface area contributed by atoms with Gasteiger partial charge in [-0.25, -0.2) is 4.98 Å². The first kappa shape index (κ1) is 20.7. The van der Waals surface area contributed by atoms with E-state index in [9.17, 15) is 14.4 Å². The molecule has 1 atom stereocenters. The topological polar surface area (TPSA) is 112 Å². The van der Waals surface area contributed by atoms with Crippen molar-refractivity contribution in [2.75, 3.05) is 20.0 Å². The lowest BCUT2D eigenvalue weighted by atomic mass is 10.1. The second kappa shape index (κ2) is 8.31. The van der Waals surface area contributed by atoms with Crippen LogP contribution in [0.2, 0.25) is 0 Å². The Morgan fingerprint density at radius 2 is 1.97 bits per heavy atom. The van der Waals surface area contributed by atoms with E-state index in [1.165, 1.54) is 36.9 Å². The lowest BCUT2D eigenvalue weighted by Crippen LogP contribution is -2.53. The molecular weight excluding hydrogens is 420 g/mol. The molecule has 2 N–H and O–H groups in total. The minimum absolute atomic E-state index is 0.173. The van der Waals surface area contributed by atoms with E-state index in [1.54, 1.807) is 42.5 Å². The Hall–Kier alpha value is -3.53. The van der Waals surface area contributed by atoms with E-state index >= 15 is 0 Å². The molecular formula is C21H20N4O5S. The predicted octanol–water partition coefficient (Wildman–Crippen LogP) is 1.20. The SMILES string of the molecule is COc1ccc(C2(NC(=O)Cn3cnc4ccccc4c3=O)NC(=O)CS2)cc1OC. The zero-order valence-corrected chi connectivity index (χ0v) is 17.7. The molecule has 10 heteroatoms. The summed E-state index contributed by atoms with van der Waals surface area (Å²) in [5.41, 5.74) is 0.854. The number of aromatic nitrogens is 2. The summed E-state index contributed by atoms with van der Waals surface area (Å²) in [6.45, 7) is -0.248. The van der Waals surface area contributed by atoms with Gasteiger partial charge in [-0.15, -0.1) is 0 Å². The van der Waals surface area contributed by atoms with Gasteiger partial charge in [-0.05, 0) is 30.3 Å². The van der Waals surface area contributed by atoms with Crippen molar-refractivity contribution in [2.45, 2.75) is 11.5 Å². The number of nitrogens with zero attached hydrogens (tertiary/aromatic N) is 2. The zero-order chi connectivity index (χ0) is 22.0. The van der Waals surface area contributed by atoms with Crippen LogP contribution >= 0.6 is 11.8 Å². The van der Waals surface area contributed by atoms with Crippen molar-refractivity contribution < 1.29 is 19.1 Å². The Labute approximate surface area is 181 Å². The molecule has 2 amide bonds. The van der Waals surface area contributed by atoms with Crippen molar-refractivity contribution in [1.82, 2.24) is 20.2 Å². The number of rotatable bonds is 6. The first-order valence-electron chi connectivity index (χ1n) is 9.38. The van der Waals surface area contributed by atoms with Crippen LogP contribution in [0, 0.1) is 0 Å². The third kappa shape index (κ3) is 3.93. The van der Waals surface area contributed by atoms with Crippen LogP contribution in [0.5, 0.6) is 11.5 Å². The number of fused-ring (bicyclic) bond motifs is 1. The summed E-state index contributed by atoms with van der Waals surface area (Å²) in [7, 11) is 3.03. The van der Waals surface area contributed by atoms with E-state index < -0.39 is 10.9 Å². The number of benzene rings is 2. The van der Waals surface area contributed by atoms with E-state index in [0.29, 0.717) is 28.0 Å². The number of para-hydroxylation sites is 1. The lowest BCUT2D eigenvalue weighted by Gasteiger charge is -2.30. The third-order valence-corrected chi connectivity index (χ3v) is 6.17. The van der Waals surface area contributed by atoms with E-state index in [4.69, 9.17) is 9.47 Å². The van der Waals surface area contributed by atoms with Gasteiger partial charge in [0.05, 0.1) is 37.2 Å². The number of methoxy groups -OCH3 is 2. The van der Waals surface area contributed by atoms with E-state index in [2.05, 4.69) is 15.6 Å². The second-order valence-corrected chi connectivity index (χ2v) is 8.02. The summed E-state index contributed by atoms with van der Waals surface area (Å²) in [5.74, 6) is 0.487. The number of amides is 2. The first-order valence-corrected chi connectivity index (χ1v) is 10.4. The second-order valence-electron chi connectivity index (χ2n) is 6.83. The summed E-state index contributed by atoms with van der Waals surface area (Å²) in [4.78, 5) is 40.7. The van der Waals surface area contributed by atoms with Gasteiger partial charge in [0.25, 0.3) is 5.56 Å². The molecule has 1 saturated heterocycles. The number of carbonyl (C=O) groups excluding carboxylic acids is 2. The molecule has 4 rings (SSSR count). The van der Waals surface area contributed by atoms with Gasteiger partial charge in [-0.2, -0.15) is 0 Å². The zero-order valence-electron chi connectivity index (χ0n) is 16.9. The number of carbonyl (C=O) groups is 2. The molecule has 0 saturated carbocycles. The summed E-state index contributed by atoms with van der Waals surface area (Å²) < 4.78 is 11.9. The molecule has 0 radical (unpaired) electrons. The predicted molar refractivity (Wildman–Crippen MR) is 116 cm³/mol. The van der Waals surface area contributed by atoms with Crippen LogP contribution < -0.4 is 25.7 Å². The van der Waals surface area contributed by atoms with Gasteiger partial charge in [0.1, 0.15) is 6.54 Å². The molecule has 0 spiro atoms. The molecule has 2 heterocycles. The maximum absolute atomic E-state index is 12.9. The maximum atomic E-state index is 12.9. The molecule has 9 nitrogen and oxygen atoms in total. The highest BCUT2D eigenvalue weighted by atomic mass is 32.2. The van der Waals surface area contributed by atoms with Gasteiger partial charge in [0.2, 0.25) is 11.8 Å². The molecule has 1 aliphatic heterocycles. The van der Waals surface area contributed by atoms with Crippen LogP contribution in [0.25, 0.3) is 10.9 Å². The van der Waals surface area contributed by atoms with Gasteiger partial charge in [0, 0.05) is 5.56 Å². The number of thioether (sulfide) groups is 1. The first-order chi connectivity index (χ1) is 15.0. The summed E-state index contributed by atoms with van der Waals surface area (Å²) in [6, 6.07) is 12.1. The summed E-state index contributed by atoms with van der Waals surface area (Å²) >= 11 is 1.24. The summed E-state index contributed by atoms with van der Waals surface area (Å²) in [6.07, 6.45) is 1.34. The molecule has 1 aromatic heterocycles. The minimum Gasteiger partial charge on any atom is -0.493 e. The largest absolute Gasteiger partial charge is 0.493 e. The fraction of sp³-hybridized carbons (Fsp3) is 0.238. The van der Waals surface area contributed by atoms with Crippen molar-refractivity contribution >= 4 is 34.5 Å². The van der Waals surface area contributed by atoms with Crippen molar-refractivity contribution in [3.05, 3.63) is 64.7 Å². The Balaban J connectivity index is 1.63. The molecule has 31 heavy (non-hydrogen) atoms. The Morgan fingerprint density at radius 1 is 1.19 bits per heavy atom. The molecule has 0 bridgehead atoms. The fourth-order valence-corrected chi connectivity index (χ4v) is 4.49. The number of hydrogen-bond donors (Lipinski definition) is 2. The number of ether oxygens (including phenoxy) is 2. The van der Waals surface area contributed by atoms with Crippen molar-refractivity contribution in [2.24, 2.45) is 0 Å². The van der Waals surface area contributed by atoms with E-state index in [1.807, 2.05) is 0 Å². The maximum Gasteiger partial charge on any atom is 0.261 e. The van der Waals surface area contributed by atoms with Crippen molar-refractivity contribution in [1.29, 1.82) is 0 Å². The highest BCUT2D eigenvalue weighted by Gasteiger charge is 2.42. The highest BCUT2D eigenvalue weighted by molar-refractivity contribution is 8.01. The normalized spacial score (nSPS) is 17.9. The quantitative estimate of drug-likeness (QED) is 0.592. The lowest BCUT2D eigenvalue weighted by molar-refractivity contribution is -0.124. The molecule has 0 aliphatic carbocycles. The molecule has 1 fully saturated rings. The standard InChI is InChI=1S/C21H20N4O5S/c1-29-16-8-7-13(9-17(16)30-2)21(24-19(27)11-31-21)23-18(26)10-25-12-22-15-6-4-3-5-14(15)20(25)28/h3-9,12H,10-11H2,1-2H3,(H,23,26)(H,24,27). The van der Waals surface area contributed by atoms with Gasteiger partial charge in [-0.3, -0.25) is 19.0 Å². The number of hydrogen-bond acceptors (Lipinski definition) is 7. The average molecular weight is 440 g/mol. The Bertz CT molecular complexity index is 1230. The third-order valence-electron chi connectivity index (χ3n) is 4.89. The molecule has 1 unspecified atom stereocenters. The van der Waals surface area contributed by atoms with E-state index in [0.717, 1.165) is 0 Å². The van der Waals surface area contributed by atoms with Gasteiger partial charge < -0.3 is 20.1 Å². The average Bonchev–Trinajstić information content (AvgIpc) is 3.16. The van der Waals surface area contributed by atoms with E-state index in [-0.39, 0.29) is 23.8 Å². The molecule has 3 aromatic rings. The van der Waals surface area contributed by atoms with Gasteiger partial charge in [-0.1, -0.05) is 23.9 Å². The smallest absolute Gasteiger partial charge is 0.261 e. The minimum atomic E-state index is -1.19. The van der Waals surface area contributed by atoms with Crippen molar-refractivity contribution in [3.8, 4) is 11.5 Å². The van der Waals surface area contributed by atoms with Crippen LogP contribution in [0.1, 0.15) is 5.56 Å². The molecule has 2 aromatic carbocycles. The highest BCUT2D eigenvalue weighted by Crippen LogP contribution is 2.39.